The molecule has 0 fully saturated rings. The standard InChI is InChI=1S/C20H16ClFN4/c1-26(2)20-16-10-23-19(14-5-3-4-6-17(14)22)15-9-12(21)7-8-13(15)18(16)24-11-25-20/h3-9,11H,10H2,1-2H3. The van der Waals surface area contributed by atoms with Crippen molar-refractivity contribution >= 4 is 23.1 Å². The number of fused-ring (bicyclic) bond motifs is 3. The third-order valence-corrected chi connectivity index (χ3v) is 4.60. The molecule has 0 spiro atoms. The predicted molar refractivity (Wildman–Crippen MR) is 103 cm³/mol. The number of hydrogen-bond donors (Lipinski definition) is 0. The lowest BCUT2D eigenvalue weighted by atomic mass is 9.95. The quantitative estimate of drug-likeness (QED) is 0.677. The van der Waals surface area contributed by atoms with Gasteiger partial charge in [0.25, 0.3) is 0 Å². The van der Waals surface area contributed by atoms with E-state index in [1.165, 1.54) is 6.07 Å². The van der Waals surface area contributed by atoms with Crippen molar-refractivity contribution in [3.05, 3.63) is 76.3 Å². The second kappa shape index (κ2) is 6.50. The van der Waals surface area contributed by atoms with Crippen LogP contribution in [0.5, 0.6) is 0 Å². The maximum atomic E-state index is 14.5. The van der Waals surface area contributed by atoms with Crippen molar-refractivity contribution in [2.24, 2.45) is 4.99 Å². The van der Waals surface area contributed by atoms with Gasteiger partial charge in [0.15, 0.2) is 0 Å². The molecule has 0 aliphatic carbocycles. The Labute approximate surface area is 156 Å². The fraction of sp³-hybridized carbons (Fsp3) is 0.150. The van der Waals surface area contributed by atoms with Crippen LogP contribution in [0.15, 0.2) is 53.8 Å². The molecular formula is C20H16ClFN4. The molecule has 0 amide bonds. The average molecular weight is 367 g/mol. The van der Waals surface area contributed by atoms with Crippen molar-refractivity contribution in [3.8, 4) is 11.3 Å². The zero-order valence-electron chi connectivity index (χ0n) is 14.4. The minimum Gasteiger partial charge on any atom is -0.362 e. The largest absolute Gasteiger partial charge is 0.362 e. The summed E-state index contributed by atoms with van der Waals surface area (Å²) < 4.78 is 14.5. The Morgan fingerprint density at radius 1 is 1.00 bits per heavy atom. The lowest BCUT2D eigenvalue weighted by Crippen LogP contribution is -2.14. The number of aromatic nitrogens is 2. The molecular weight excluding hydrogens is 351 g/mol. The Morgan fingerprint density at radius 3 is 2.58 bits per heavy atom. The monoisotopic (exact) mass is 366 g/mol. The van der Waals surface area contributed by atoms with Gasteiger partial charge < -0.3 is 4.90 Å². The highest BCUT2D eigenvalue weighted by Crippen LogP contribution is 2.35. The lowest BCUT2D eigenvalue weighted by Gasteiger charge is -2.17. The second-order valence-corrected chi connectivity index (χ2v) is 6.69. The first kappa shape index (κ1) is 16.7. The van der Waals surface area contributed by atoms with Gasteiger partial charge in [-0.25, -0.2) is 14.4 Å². The summed E-state index contributed by atoms with van der Waals surface area (Å²) in [6.45, 7) is 0.361. The predicted octanol–water partition coefficient (Wildman–Crippen LogP) is 4.35. The van der Waals surface area contributed by atoms with Crippen molar-refractivity contribution in [2.45, 2.75) is 6.54 Å². The summed E-state index contributed by atoms with van der Waals surface area (Å²) in [6.07, 6.45) is 1.54. The molecule has 2 aromatic carbocycles. The molecule has 1 aliphatic heterocycles. The van der Waals surface area contributed by atoms with E-state index in [4.69, 9.17) is 16.6 Å². The van der Waals surface area contributed by atoms with Gasteiger partial charge in [0.2, 0.25) is 0 Å². The van der Waals surface area contributed by atoms with E-state index in [-0.39, 0.29) is 5.82 Å². The number of hydrogen-bond acceptors (Lipinski definition) is 4. The van der Waals surface area contributed by atoms with Gasteiger partial charge in [0.1, 0.15) is 18.0 Å². The molecule has 0 unspecified atom stereocenters. The SMILES string of the molecule is CN(C)c1ncnc2c1CN=C(c1ccccc1F)c1cc(Cl)ccc1-2. The third-order valence-electron chi connectivity index (χ3n) is 4.36. The minimum atomic E-state index is -0.318. The highest BCUT2D eigenvalue weighted by Gasteiger charge is 2.24. The smallest absolute Gasteiger partial charge is 0.137 e. The first-order valence-corrected chi connectivity index (χ1v) is 8.55. The van der Waals surface area contributed by atoms with Crippen molar-refractivity contribution in [2.75, 3.05) is 19.0 Å². The van der Waals surface area contributed by atoms with E-state index in [0.29, 0.717) is 22.8 Å². The molecule has 0 saturated heterocycles. The molecule has 130 valence electrons. The molecule has 0 N–H and O–H groups in total. The van der Waals surface area contributed by atoms with Crippen molar-refractivity contribution < 1.29 is 4.39 Å². The molecule has 2 heterocycles. The van der Waals surface area contributed by atoms with Crippen LogP contribution in [0.2, 0.25) is 5.02 Å². The Bertz CT molecular complexity index is 1030. The Hall–Kier alpha value is -2.79. The minimum absolute atomic E-state index is 0.318. The van der Waals surface area contributed by atoms with Crippen LogP contribution in [0.1, 0.15) is 16.7 Å². The number of nitrogens with zero attached hydrogens (tertiary/aromatic N) is 4. The maximum Gasteiger partial charge on any atom is 0.137 e. The number of aliphatic imine (C=N–C) groups is 1. The molecule has 4 nitrogen and oxygen atoms in total. The average Bonchev–Trinajstić information content (AvgIpc) is 2.78. The van der Waals surface area contributed by atoms with E-state index < -0.39 is 0 Å². The van der Waals surface area contributed by atoms with Crippen molar-refractivity contribution in [1.29, 1.82) is 0 Å². The fourth-order valence-corrected chi connectivity index (χ4v) is 3.38. The zero-order valence-corrected chi connectivity index (χ0v) is 15.1. The summed E-state index contributed by atoms with van der Waals surface area (Å²) in [5, 5.41) is 0.568. The molecule has 0 saturated carbocycles. The number of benzene rings is 2. The maximum absolute atomic E-state index is 14.5. The molecule has 3 aromatic rings. The van der Waals surface area contributed by atoms with Crippen LogP contribution in [-0.2, 0) is 6.54 Å². The van der Waals surface area contributed by atoms with Gasteiger partial charge in [0, 0.05) is 41.4 Å². The second-order valence-electron chi connectivity index (χ2n) is 6.25. The molecule has 1 aliphatic rings. The summed E-state index contributed by atoms with van der Waals surface area (Å²) in [7, 11) is 3.86. The Balaban J connectivity index is 2.03. The first-order valence-electron chi connectivity index (χ1n) is 8.17. The highest BCUT2D eigenvalue weighted by atomic mass is 35.5. The zero-order chi connectivity index (χ0) is 18.3. The summed E-state index contributed by atoms with van der Waals surface area (Å²) in [6, 6.07) is 12.2. The van der Waals surface area contributed by atoms with Gasteiger partial charge in [-0.15, -0.1) is 0 Å². The van der Waals surface area contributed by atoms with Crippen LogP contribution in [0.4, 0.5) is 10.2 Å². The van der Waals surface area contributed by atoms with Crippen molar-refractivity contribution in [1.82, 2.24) is 9.97 Å². The summed E-state index contributed by atoms with van der Waals surface area (Å²) >= 11 is 6.24. The summed E-state index contributed by atoms with van der Waals surface area (Å²) in [5.74, 6) is 0.483. The highest BCUT2D eigenvalue weighted by molar-refractivity contribution is 6.31. The summed E-state index contributed by atoms with van der Waals surface area (Å²) in [4.78, 5) is 15.5. The van der Waals surface area contributed by atoms with Crippen LogP contribution in [0, 0.1) is 5.82 Å². The van der Waals surface area contributed by atoms with Crippen LogP contribution in [0.3, 0.4) is 0 Å². The van der Waals surface area contributed by atoms with E-state index in [1.54, 1.807) is 24.5 Å². The van der Waals surface area contributed by atoms with Gasteiger partial charge in [0.05, 0.1) is 18.0 Å². The van der Waals surface area contributed by atoms with E-state index in [1.807, 2.05) is 37.2 Å². The molecule has 6 heteroatoms. The van der Waals surface area contributed by atoms with Crippen LogP contribution >= 0.6 is 11.6 Å². The molecule has 1 aromatic heterocycles. The summed E-state index contributed by atoms with van der Waals surface area (Å²) in [5.41, 5.74) is 4.36. The molecule has 4 rings (SSSR count). The third kappa shape index (κ3) is 2.74. The number of halogens is 2. The van der Waals surface area contributed by atoms with E-state index >= 15 is 0 Å². The van der Waals surface area contributed by atoms with E-state index in [9.17, 15) is 4.39 Å². The van der Waals surface area contributed by atoms with E-state index in [2.05, 4.69) is 9.97 Å². The van der Waals surface area contributed by atoms with Gasteiger partial charge in [-0.3, -0.25) is 4.99 Å². The Morgan fingerprint density at radius 2 is 1.81 bits per heavy atom. The van der Waals surface area contributed by atoms with Gasteiger partial charge >= 0.3 is 0 Å². The van der Waals surface area contributed by atoms with Gasteiger partial charge in [-0.2, -0.15) is 0 Å². The Kier molecular flexibility index (Phi) is 4.17. The van der Waals surface area contributed by atoms with Crippen LogP contribution in [0.25, 0.3) is 11.3 Å². The topological polar surface area (TPSA) is 41.4 Å². The van der Waals surface area contributed by atoms with Crippen molar-refractivity contribution in [3.63, 3.8) is 0 Å². The number of rotatable bonds is 2. The van der Waals surface area contributed by atoms with Crippen LogP contribution in [-0.4, -0.2) is 29.8 Å². The number of anilines is 1. The molecule has 26 heavy (non-hydrogen) atoms. The van der Waals surface area contributed by atoms with E-state index in [0.717, 1.165) is 28.2 Å². The van der Waals surface area contributed by atoms with Crippen LogP contribution < -0.4 is 4.90 Å². The molecule has 0 atom stereocenters. The molecule has 0 radical (unpaired) electrons. The fourth-order valence-electron chi connectivity index (χ4n) is 3.21. The lowest BCUT2D eigenvalue weighted by molar-refractivity contribution is 0.625. The van der Waals surface area contributed by atoms with Gasteiger partial charge in [-0.05, 0) is 24.3 Å². The van der Waals surface area contributed by atoms with Gasteiger partial charge in [-0.1, -0.05) is 29.8 Å². The normalized spacial score (nSPS) is 12.7. The molecule has 0 bridgehead atoms. The first-order chi connectivity index (χ1) is 12.6.